The monoisotopic (exact) mass is 490 g/mol. The summed E-state index contributed by atoms with van der Waals surface area (Å²) in [5.74, 6) is -1.63. The molecule has 2 heterocycles. The van der Waals surface area contributed by atoms with Gasteiger partial charge in [-0.2, -0.15) is 0 Å². The molecule has 1 atom stereocenters. The minimum absolute atomic E-state index is 0.0582. The minimum Gasteiger partial charge on any atom is -0.507 e. The molecule has 1 aliphatic heterocycles. The Morgan fingerprint density at radius 3 is 2.35 bits per heavy atom. The molecule has 5 rings (SSSR count). The quantitative estimate of drug-likeness (QED) is 0.227. The molecule has 5 nitrogen and oxygen atoms in total. The highest BCUT2D eigenvalue weighted by Gasteiger charge is 2.48. The highest BCUT2D eigenvalue weighted by atomic mass is 79.9. The number of thiazole rings is 1. The van der Waals surface area contributed by atoms with Crippen molar-refractivity contribution in [3.8, 4) is 0 Å². The molecule has 0 spiro atoms. The molecule has 1 saturated heterocycles. The van der Waals surface area contributed by atoms with Gasteiger partial charge in [-0.25, -0.2) is 4.98 Å². The van der Waals surface area contributed by atoms with Gasteiger partial charge in [0.2, 0.25) is 0 Å². The summed E-state index contributed by atoms with van der Waals surface area (Å²) in [6.07, 6.45) is 0. The molecule has 0 radical (unpaired) electrons. The zero-order valence-corrected chi connectivity index (χ0v) is 18.4. The number of amides is 1. The van der Waals surface area contributed by atoms with Gasteiger partial charge >= 0.3 is 5.91 Å². The first kappa shape index (κ1) is 19.7. The summed E-state index contributed by atoms with van der Waals surface area (Å²) in [6, 6.07) is 22.9. The van der Waals surface area contributed by atoms with Crippen LogP contribution >= 0.6 is 27.3 Å². The maximum Gasteiger partial charge on any atom is 0.301 e. The molecule has 1 aliphatic rings. The number of Topliss-reactive ketones (excluding diaryl/α,β-unsaturated/α-hetero) is 1. The summed E-state index contributed by atoms with van der Waals surface area (Å²) in [5.41, 5.74) is 2.00. The number of aromatic nitrogens is 1. The number of ketones is 1. The topological polar surface area (TPSA) is 70.5 Å². The molecule has 31 heavy (non-hydrogen) atoms. The van der Waals surface area contributed by atoms with E-state index in [1.807, 2.05) is 54.6 Å². The Bertz CT molecular complexity index is 1350. The molecule has 1 N–H and O–H groups in total. The lowest BCUT2D eigenvalue weighted by atomic mass is 9.95. The van der Waals surface area contributed by atoms with Crippen LogP contribution < -0.4 is 4.90 Å². The van der Waals surface area contributed by atoms with E-state index in [4.69, 9.17) is 0 Å². The van der Waals surface area contributed by atoms with Crippen LogP contribution in [0, 0.1) is 0 Å². The fourth-order valence-corrected chi connectivity index (χ4v) is 5.27. The highest BCUT2D eigenvalue weighted by molar-refractivity contribution is 9.10. The van der Waals surface area contributed by atoms with Crippen LogP contribution in [0.4, 0.5) is 5.13 Å². The second-order valence-electron chi connectivity index (χ2n) is 7.05. The van der Waals surface area contributed by atoms with Crippen LogP contribution in [-0.2, 0) is 9.59 Å². The number of rotatable bonds is 3. The number of carbonyl (C=O) groups excluding carboxylic acids is 2. The van der Waals surface area contributed by atoms with Crippen molar-refractivity contribution < 1.29 is 14.7 Å². The Morgan fingerprint density at radius 1 is 0.968 bits per heavy atom. The number of aliphatic hydroxyl groups excluding tert-OH is 1. The lowest BCUT2D eigenvalue weighted by molar-refractivity contribution is -0.132. The van der Waals surface area contributed by atoms with Crippen molar-refractivity contribution in [3.05, 3.63) is 100 Å². The average Bonchev–Trinajstić information content (AvgIpc) is 3.32. The van der Waals surface area contributed by atoms with E-state index in [0.717, 1.165) is 20.3 Å². The first-order chi connectivity index (χ1) is 15.0. The molecule has 1 fully saturated rings. The molecule has 152 valence electrons. The first-order valence-corrected chi connectivity index (χ1v) is 11.1. The minimum atomic E-state index is -0.773. The zero-order chi connectivity index (χ0) is 21.5. The normalized spacial score (nSPS) is 18.1. The number of halogens is 1. The van der Waals surface area contributed by atoms with E-state index in [9.17, 15) is 14.7 Å². The van der Waals surface area contributed by atoms with E-state index < -0.39 is 17.7 Å². The molecule has 7 heteroatoms. The zero-order valence-electron chi connectivity index (χ0n) is 16.0. The number of anilines is 1. The van der Waals surface area contributed by atoms with Crippen molar-refractivity contribution in [1.82, 2.24) is 4.98 Å². The van der Waals surface area contributed by atoms with Crippen molar-refractivity contribution in [2.45, 2.75) is 6.04 Å². The number of fused-ring (bicyclic) bond motifs is 1. The Morgan fingerprint density at radius 2 is 1.65 bits per heavy atom. The third kappa shape index (κ3) is 3.36. The van der Waals surface area contributed by atoms with E-state index in [0.29, 0.717) is 10.7 Å². The van der Waals surface area contributed by atoms with Gasteiger partial charge in [0.15, 0.2) is 5.13 Å². The van der Waals surface area contributed by atoms with Crippen LogP contribution in [0.1, 0.15) is 17.2 Å². The van der Waals surface area contributed by atoms with Gasteiger partial charge in [-0.15, -0.1) is 0 Å². The van der Waals surface area contributed by atoms with Gasteiger partial charge in [-0.1, -0.05) is 87.9 Å². The lowest BCUT2D eigenvalue weighted by Crippen LogP contribution is -2.29. The smallest absolute Gasteiger partial charge is 0.301 e. The third-order valence-electron chi connectivity index (χ3n) is 5.15. The maximum absolute atomic E-state index is 13.2. The summed E-state index contributed by atoms with van der Waals surface area (Å²) in [6.45, 7) is 0. The largest absolute Gasteiger partial charge is 0.507 e. The molecule has 1 amide bonds. The van der Waals surface area contributed by atoms with E-state index >= 15 is 0 Å². The summed E-state index contributed by atoms with van der Waals surface area (Å²) < 4.78 is 1.79. The van der Waals surface area contributed by atoms with Crippen molar-refractivity contribution in [2.24, 2.45) is 0 Å². The van der Waals surface area contributed by atoms with Gasteiger partial charge in [0.25, 0.3) is 5.78 Å². The Balaban J connectivity index is 1.73. The molecule has 3 aromatic carbocycles. The molecule has 4 aromatic rings. The highest BCUT2D eigenvalue weighted by Crippen LogP contribution is 2.44. The predicted molar refractivity (Wildman–Crippen MR) is 125 cm³/mol. The average molecular weight is 491 g/mol. The number of hydrogen-bond acceptors (Lipinski definition) is 5. The fourth-order valence-electron chi connectivity index (χ4n) is 3.72. The van der Waals surface area contributed by atoms with Crippen LogP contribution in [0.25, 0.3) is 16.0 Å². The van der Waals surface area contributed by atoms with Crippen LogP contribution in [0.3, 0.4) is 0 Å². The number of nitrogens with zero attached hydrogens (tertiary/aromatic N) is 2. The van der Waals surface area contributed by atoms with E-state index in [-0.39, 0.29) is 11.3 Å². The Kier molecular flexibility index (Phi) is 4.92. The Hall–Kier alpha value is -3.29. The summed E-state index contributed by atoms with van der Waals surface area (Å²) in [7, 11) is 0. The van der Waals surface area contributed by atoms with Gasteiger partial charge < -0.3 is 5.11 Å². The number of aliphatic hydroxyl groups is 1. The molecule has 0 aliphatic carbocycles. The van der Waals surface area contributed by atoms with E-state index in [1.165, 1.54) is 16.2 Å². The summed E-state index contributed by atoms with van der Waals surface area (Å²) in [5, 5.41) is 11.5. The van der Waals surface area contributed by atoms with Crippen molar-refractivity contribution in [1.29, 1.82) is 0 Å². The summed E-state index contributed by atoms with van der Waals surface area (Å²) in [4.78, 5) is 32.3. The second-order valence-corrected chi connectivity index (χ2v) is 8.98. The van der Waals surface area contributed by atoms with Gasteiger partial charge in [0.05, 0.1) is 21.8 Å². The van der Waals surface area contributed by atoms with Crippen LogP contribution in [0.2, 0.25) is 0 Å². The third-order valence-corrected chi connectivity index (χ3v) is 6.66. The van der Waals surface area contributed by atoms with Crippen LogP contribution in [0.15, 0.2) is 88.9 Å². The van der Waals surface area contributed by atoms with E-state index in [2.05, 4.69) is 20.9 Å². The number of carbonyl (C=O) groups is 2. The Labute approximate surface area is 190 Å². The lowest BCUT2D eigenvalue weighted by Gasteiger charge is -2.22. The molecular formula is C24H15BrN2O3S. The van der Waals surface area contributed by atoms with E-state index in [1.54, 1.807) is 24.3 Å². The standard InChI is InChI=1S/C24H15BrN2O3S/c25-16-11-12-17-18(13-16)31-24(26-17)27-20(14-7-3-1-4-8-14)19(22(29)23(27)30)21(28)15-9-5-2-6-10-15/h1-13,20,28H/t20-/m1/s1. The van der Waals surface area contributed by atoms with Crippen molar-refractivity contribution in [3.63, 3.8) is 0 Å². The molecule has 0 bridgehead atoms. The summed E-state index contributed by atoms with van der Waals surface area (Å²) >= 11 is 4.78. The molecule has 0 saturated carbocycles. The van der Waals surface area contributed by atoms with Gasteiger partial charge in [-0.3, -0.25) is 14.5 Å². The number of hydrogen-bond donors (Lipinski definition) is 1. The van der Waals surface area contributed by atoms with Gasteiger partial charge in [-0.05, 0) is 23.8 Å². The second kappa shape index (κ2) is 7.76. The first-order valence-electron chi connectivity index (χ1n) is 9.52. The van der Waals surface area contributed by atoms with Crippen LogP contribution in [0.5, 0.6) is 0 Å². The van der Waals surface area contributed by atoms with Gasteiger partial charge in [0.1, 0.15) is 5.76 Å². The SMILES string of the molecule is O=C1C(=O)N(c2nc3ccc(Br)cc3s2)[C@H](c2ccccc2)C1=C(O)c1ccccc1. The number of benzene rings is 3. The molecular weight excluding hydrogens is 476 g/mol. The maximum atomic E-state index is 13.2. The fraction of sp³-hybridized carbons (Fsp3) is 0.0417. The van der Waals surface area contributed by atoms with Crippen molar-refractivity contribution >= 4 is 60.1 Å². The van der Waals surface area contributed by atoms with Crippen molar-refractivity contribution in [2.75, 3.05) is 4.90 Å². The molecule has 0 unspecified atom stereocenters. The van der Waals surface area contributed by atoms with Crippen LogP contribution in [-0.4, -0.2) is 21.8 Å². The van der Waals surface area contributed by atoms with Gasteiger partial charge in [0, 0.05) is 10.0 Å². The predicted octanol–water partition coefficient (Wildman–Crippen LogP) is 5.69. The molecule has 1 aromatic heterocycles.